The molecule has 0 saturated carbocycles. The SMILES string of the molecule is Cc1c(CNC(=O)c2ccc(F)c(N)c2)cnn1C. The predicted octanol–water partition coefficient (Wildman–Crippen LogP) is 1.38. The molecule has 3 N–H and O–H groups in total. The van der Waals surface area contributed by atoms with E-state index in [1.165, 1.54) is 18.2 Å². The standard InChI is InChI=1S/C13H15FN4O/c1-8-10(7-17-18(8)2)6-16-13(19)9-3-4-11(14)12(15)5-9/h3-5,7H,6,15H2,1-2H3,(H,16,19). The Hall–Kier alpha value is -2.37. The molecular weight excluding hydrogens is 247 g/mol. The Labute approximate surface area is 110 Å². The minimum absolute atomic E-state index is 0.0368. The third-order valence-corrected chi connectivity index (χ3v) is 3.03. The Morgan fingerprint density at radius 3 is 2.84 bits per heavy atom. The molecule has 0 aliphatic rings. The van der Waals surface area contributed by atoms with Crippen LogP contribution >= 0.6 is 0 Å². The molecule has 100 valence electrons. The van der Waals surface area contributed by atoms with Crippen LogP contribution in [0.25, 0.3) is 0 Å². The van der Waals surface area contributed by atoms with Gasteiger partial charge in [0.05, 0.1) is 11.9 Å². The van der Waals surface area contributed by atoms with Gasteiger partial charge in [-0.05, 0) is 25.1 Å². The molecule has 0 spiro atoms. The Balaban J connectivity index is 2.05. The van der Waals surface area contributed by atoms with Gasteiger partial charge in [0.25, 0.3) is 5.91 Å². The van der Waals surface area contributed by atoms with Crippen molar-refractivity contribution in [2.24, 2.45) is 7.05 Å². The third kappa shape index (κ3) is 2.73. The van der Waals surface area contributed by atoms with Crippen LogP contribution in [0, 0.1) is 12.7 Å². The number of rotatable bonds is 3. The van der Waals surface area contributed by atoms with Gasteiger partial charge in [-0.3, -0.25) is 9.48 Å². The summed E-state index contributed by atoms with van der Waals surface area (Å²) in [5.41, 5.74) is 7.64. The van der Waals surface area contributed by atoms with Gasteiger partial charge in [0.2, 0.25) is 0 Å². The third-order valence-electron chi connectivity index (χ3n) is 3.03. The van der Waals surface area contributed by atoms with Gasteiger partial charge in [0.15, 0.2) is 0 Å². The molecule has 0 bridgehead atoms. The van der Waals surface area contributed by atoms with Gasteiger partial charge in [0, 0.05) is 30.4 Å². The first-order valence-corrected chi connectivity index (χ1v) is 5.79. The van der Waals surface area contributed by atoms with Crippen LogP contribution in [0.3, 0.4) is 0 Å². The summed E-state index contributed by atoms with van der Waals surface area (Å²) in [7, 11) is 1.83. The average molecular weight is 262 g/mol. The van der Waals surface area contributed by atoms with Crippen molar-refractivity contribution in [3.05, 3.63) is 47.0 Å². The number of amides is 1. The maximum atomic E-state index is 13.0. The Kier molecular flexibility index (Phi) is 3.50. The normalized spacial score (nSPS) is 10.5. The van der Waals surface area contributed by atoms with Gasteiger partial charge in [0.1, 0.15) is 5.82 Å². The second-order valence-electron chi connectivity index (χ2n) is 4.30. The van der Waals surface area contributed by atoms with Gasteiger partial charge in [-0.25, -0.2) is 4.39 Å². The molecule has 0 saturated heterocycles. The number of nitrogens with zero attached hydrogens (tertiary/aromatic N) is 2. The van der Waals surface area contributed by atoms with E-state index in [1.807, 2.05) is 14.0 Å². The number of anilines is 1. The fourth-order valence-electron chi connectivity index (χ4n) is 1.68. The lowest BCUT2D eigenvalue weighted by Gasteiger charge is -2.06. The van der Waals surface area contributed by atoms with Crippen molar-refractivity contribution in [2.75, 3.05) is 5.73 Å². The van der Waals surface area contributed by atoms with Crippen molar-refractivity contribution in [3.8, 4) is 0 Å². The zero-order chi connectivity index (χ0) is 14.0. The zero-order valence-corrected chi connectivity index (χ0v) is 10.8. The number of carbonyl (C=O) groups is 1. The Morgan fingerprint density at radius 2 is 2.26 bits per heavy atom. The van der Waals surface area contributed by atoms with Gasteiger partial charge in [-0.1, -0.05) is 0 Å². The van der Waals surface area contributed by atoms with E-state index in [1.54, 1.807) is 10.9 Å². The number of nitrogens with two attached hydrogens (primary N) is 1. The minimum Gasteiger partial charge on any atom is -0.396 e. The van der Waals surface area contributed by atoms with Gasteiger partial charge in [-0.15, -0.1) is 0 Å². The zero-order valence-electron chi connectivity index (χ0n) is 10.8. The maximum Gasteiger partial charge on any atom is 0.251 e. The fraction of sp³-hybridized carbons (Fsp3) is 0.231. The van der Waals surface area contributed by atoms with E-state index in [4.69, 9.17) is 5.73 Å². The first kappa shape index (κ1) is 13.1. The fourth-order valence-corrected chi connectivity index (χ4v) is 1.68. The van der Waals surface area contributed by atoms with E-state index in [-0.39, 0.29) is 11.6 Å². The molecule has 0 unspecified atom stereocenters. The number of hydrogen-bond donors (Lipinski definition) is 2. The summed E-state index contributed by atoms with van der Waals surface area (Å²) in [6.07, 6.45) is 1.70. The van der Waals surface area contributed by atoms with E-state index in [2.05, 4.69) is 10.4 Å². The molecule has 2 rings (SSSR count). The molecule has 1 heterocycles. The molecule has 19 heavy (non-hydrogen) atoms. The van der Waals surface area contributed by atoms with E-state index in [0.717, 1.165) is 11.3 Å². The lowest BCUT2D eigenvalue weighted by atomic mass is 10.1. The topological polar surface area (TPSA) is 72.9 Å². The predicted molar refractivity (Wildman–Crippen MR) is 69.9 cm³/mol. The molecule has 1 amide bonds. The van der Waals surface area contributed by atoms with Gasteiger partial charge >= 0.3 is 0 Å². The number of nitrogen functional groups attached to an aromatic ring is 1. The molecule has 5 nitrogen and oxygen atoms in total. The van der Waals surface area contributed by atoms with Crippen molar-refractivity contribution < 1.29 is 9.18 Å². The van der Waals surface area contributed by atoms with Crippen LogP contribution in [0.15, 0.2) is 24.4 Å². The van der Waals surface area contributed by atoms with Crippen LogP contribution < -0.4 is 11.1 Å². The van der Waals surface area contributed by atoms with Crippen molar-refractivity contribution in [2.45, 2.75) is 13.5 Å². The molecule has 0 radical (unpaired) electrons. The first-order chi connectivity index (χ1) is 8.99. The summed E-state index contributed by atoms with van der Waals surface area (Å²) in [5.74, 6) is -0.824. The number of halogens is 1. The molecule has 0 fully saturated rings. The number of nitrogens with one attached hydrogen (secondary N) is 1. The van der Waals surface area contributed by atoms with Crippen LogP contribution in [-0.4, -0.2) is 15.7 Å². The largest absolute Gasteiger partial charge is 0.396 e. The number of aromatic nitrogens is 2. The molecule has 0 aliphatic carbocycles. The minimum atomic E-state index is -0.528. The summed E-state index contributed by atoms with van der Waals surface area (Å²) in [5, 5.41) is 6.83. The average Bonchev–Trinajstić information content (AvgIpc) is 2.70. The first-order valence-electron chi connectivity index (χ1n) is 5.79. The molecule has 6 heteroatoms. The van der Waals surface area contributed by atoms with Crippen molar-refractivity contribution >= 4 is 11.6 Å². The second kappa shape index (κ2) is 5.09. The van der Waals surface area contributed by atoms with Gasteiger partial charge < -0.3 is 11.1 Å². The van der Waals surface area contributed by atoms with Gasteiger partial charge in [-0.2, -0.15) is 5.10 Å². The van der Waals surface area contributed by atoms with Crippen LogP contribution in [0.1, 0.15) is 21.6 Å². The van der Waals surface area contributed by atoms with Crippen LogP contribution in [-0.2, 0) is 13.6 Å². The molecule has 2 aromatic rings. The number of carbonyl (C=O) groups excluding carboxylic acids is 1. The summed E-state index contributed by atoms with van der Waals surface area (Å²) >= 11 is 0. The van der Waals surface area contributed by atoms with E-state index >= 15 is 0 Å². The highest BCUT2D eigenvalue weighted by atomic mass is 19.1. The van der Waals surface area contributed by atoms with E-state index in [0.29, 0.717) is 12.1 Å². The molecule has 0 atom stereocenters. The van der Waals surface area contributed by atoms with Crippen molar-refractivity contribution in [1.29, 1.82) is 0 Å². The molecule has 1 aromatic heterocycles. The monoisotopic (exact) mass is 262 g/mol. The lowest BCUT2D eigenvalue weighted by molar-refractivity contribution is 0.0951. The summed E-state index contributed by atoms with van der Waals surface area (Å²) < 4.78 is 14.7. The lowest BCUT2D eigenvalue weighted by Crippen LogP contribution is -2.23. The maximum absolute atomic E-state index is 13.0. The molecule has 0 aliphatic heterocycles. The molecular formula is C13H15FN4O. The van der Waals surface area contributed by atoms with Crippen LogP contribution in [0.5, 0.6) is 0 Å². The highest BCUT2D eigenvalue weighted by molar-refractivity contribution is 5.94. The van der Waals surface area contributed by atoms with E-state index in [9.17, 15) is 9.18 Å². The summed E-state index contributed by atoms with van der Waals surface area (Å²) in [4.78, 5) is 11.9. The van der Waals surface area contributed by atoms with Crippen LogP contribution in [0.2, 0.25) is 0 Å². The number of benzene rings is 1. The smallest absolute Gasteiger partial charge is 0.251 e. The Morgan fingerprint density at radius 1 is 1.53 bits per heavy atom. The number of hydrogen-bond acceptors (Lipinski definition) is 3. The second-order valence-corrected chi connectivity index (χ2v) is 4.30. The van der Waals surface area contributed by atoms with Crippen LogP contribution in [0.4, 0.5) is 10.1 Å². The van der Waals surface area contributed by atoms with E-state index < -0.39 is 5.82 Å². The number of aryl methyl sites for hydroxylation is 1. The van der Waals surface area contributed by atoms with Crippen molar-refractivity contribution in [1.82, 2.24) is 15.1 Å². The molecule has 1 aromatic carbocycles. The highest BCUT2D eigenvalue weighted by Crippen LogP contribution is 2.12. The summed E-state index contributed by atoms with van der Waals surface area (Å²) in [6, 6.07) is 3.90. The quantitative estimate of drug-likeness (QED) is 0.821. The summed E-state index contributed by atoms with van der Waals surface area (Å²) in [6.45, 7) is 2.29. The Bertz CT molecular complexity index is 621. The van der Waals surface area contributed by atoms with Crippen molar-refractivity contribution in [3.63, 3.8) is 0 Å². The highest BCUT2D eigenvalue weighted by Gasteiger charge is 2.09.